The van der Waals surface area contributed by atoms with Gasteiger partial charge in [0.05, 0.1) is 29.2 Å². The number of amidine groups is 1. The third kappa shape index (κ3) is 3.21. The first-order chi connectivity index (χ1) is 10.7. The van der Waals surface area contributed by atoms with Crippen molar-refractivity contribution in [3.05, 3.63) is 29.8 Å². The van der Waals surface area contributed by atoms with E-state index in [2.05, 4.69) is 4.99 Å². The average molecular weight is 364 g/mol. The first kappa shape index (κ1) is 16.6. The number of halogens is 3. The molecule has 0 spiro atoms. The van der Waals surface area contributed by atoms with E-state index >= 15 is 0 Å². The number of hydrogen-bond acceptors (Lipinski definition) is 5. The molecular weight excluding hydrogens is 349 g/mol. The van der Waals surface area contributed by atoms with Gasteiger partial charge in [0.25, 0.3) is 0 Å². The van der Waals surface area contributed by atoms with Crippen LogP contribution in [0.3, 0.4) is 0 Å². The zero-order chi connectivity index (χ0) is 16.8. The molecule has 126 valence electrons. The van der Waals surface area contributed by atoms with Gasteiger partial charge in [-0.25, -0.2) is 8.42 Å². The molecule has 9 heteroatoms. The molecule has 0 saturated carbocycles. The zero-order valence-electron chi connectivity index (χ0n) is 12.2. The number of sulfone groups is 1. The zero-order valence-corrected chi connectivity index (χ0v) is 13.9. The minimum absolute atomic E-state index is 0.0408. The second-order valence-corrected chi connectivity index (χ2v) is 8.86. The van der Waals surface area contributed by atoms with Gasteiger partial charge in [0.2, 0.25) is 0 Å². The highest BCUT2D eigenvalue weighted by Gasteiger charge is 2.47. The summed E-state index contributed by atoms with van der Waals surface area (Å²) in [7, 11) is -3.20. The molecule has 0 amide bonds. The molecule has 0 radical (unpaired) electrons. The monoisotopic (exact) mass is 364 g/mol. The Morgan fingerprint density at radius 3 is 2.74 bits per heavy atom. The lowest BCUT2D eigenvalue weighted by Gasteiger charge is -2.27. The number of thioether (sulfide) groups is 1. The first-order valence-corrected chi connectivity index (χ1v) is 9.89. The van der Waals surface area contributed by atoms with Crippen LogP contribution >= 0.6 is 11.8 Å². The number of aliphatic imine (C=N–C) groups is 1. The number of benzene rings is 1. The molecule has 1 aromatic rings. The van der Waals surface area contributed by atoms with Gasteiger partial charge in [-0.1, -0.05) is 24.8 Å². The molecule has 0 N–H and O–H groups in total. The summed E-state index contributed by atoms with van der Waals surface area (Å²) in [6.07, 6.45) is -4.44. The van der Waals surface area contributed by atoms with Crippen molar-refractivity contribution in [2.24, 2.45) is 4.99 Å². The number of anilines is 1. The summed E-state index contributed by atoms with van der Waals surface area (Å²) < 4.78 is 62.5. The molecule has 1 saturated heterocycles. The molecule has 2 aliphatic rings. The van der Waals surface area contributed by atoms with Gasteiger partial charge in [-0.05, 0) is 24.0 Å². The van der Waals surface area contributed by atoms with Crippen molar-refractivity contribution >= 4 is 32.5 Å². The van der Waals surface area contributed by atoms with Crippen molar-refractivity contribution in [2.45, 2.75) is 25.2 Å². The molecule has 2 aliphatic heterocycles. The van der Waals surface area contributed by atoms with Gasteiger partial charge in [0.1, 0.15) is 0 Å². The van der Waals surface area contributed by atoms with Crippen LogP contribution in [0.15, 0.2) is 29.3 Å². The summed E-state index contributed by atoms with van der Waals surface area (Å²) >= 11 is 1.41. The fourth-order valence-electron chi connectivity index (χ4n) is 2.90. The van der Waals surface area contributed by atoms with Crippen molar-refractivity contribution in [2.75, 3.05) is 22.2 Å². The minimum Gasteiger partial charge on any atom is -0.315 e. The summed E-state index contributed by atoms with van der Waals surface area (Å²) in [5, 5.41) is 0.594. The van der Waals surface area contributed by atoms with Gasteiger partial charge in [-0.3, -0.25) is 4.99 Å². The summed E-state index contributed by atoms with van der Waals surface area (Å²) in [5.74, 6) is 0.590. The van der Waals surface area contributed by atoms with Gasteiger partial charge >= 0.3 is 6.18 Å². The Hall–Kier alpha value is -1.22. The highest BCUT2D eigenvalue weighted by Crippen LogP contribution is 2.37. The third-order valence-corrected chi connectivity index (χ3v) is 6.38. The van der Waals surface area contributed by atoms with Crippen LogP contribution in [0.25, 0.3) is 0 Å². The van der Waals surface area contributed by atoms with Gasteiger partial charge in [-0.15, -0.1) is 0 Å². The number of fused-ring (bicyclic) bond motifs is 1. The molecule has 4 nitrogen and oxygen atoms in total. The van der Waals surface area contributed by atoms with E-state index in [9.17, 15) is 21.6 Å². The predicted molar refractivity (Wildman–Crippen MR) is 85.7 cm³/mol. The lowest BCUT2D eigenvalue weighted by molar-refractivity contribution is -0.137. The van der Waals surface area contributed by atoms with E-state index in [0.717, 1.165) is 12.1 Å². The van der Waals surface area contributed by atoms with E-state index in [1.807, 2.05) is 6.92 Å². The Morgan fingerprint density at radius 2 is 2.09 bits per heavy atom. The van der Waals surface area contributed by atoms with Gasteiger partial charge < -0.3 is 4.90 Å². The summed E-state index contributed by atoms with van der Waals surface area (Å²) in [5.41, 5.74) is -0.413. The van der Waals surface area contributed by atoms with Gasteiger partial charge in [0, 0.05) is 5.69 Å². The van der Waals surface area contributed by atoms with Gasteiger partial charge in [0.15, 0.2) is 15.0 Å². The summed E-state index contributed by atoms with van der Waals surface area (Å²) in [4.78, 5) is 6.08. The Labute approximate surface area is 136 Å². The second kappa shape index (κ2) is 5.70. The topological polar surface area (TPSA) is 49.7 Å². The van der Waals surface area contributed by atoms with Crippen LogP contribution in [0.1, 0.15) is 12.5 Å². The smallest absolute Gasteiger partial charge is 0.315 e. The lowest BCUT2D eigenvalue weighted by atomic mass is 10.1. The fraction of sp³-hybridized carbons (Fsp3) is 0.500. The van der Waals surface area contributed by atoms with E-state index in [1.165, 1.54) is 17.8 Å². The molecule has 3 rings (SSSR count). The van der Waals surface area contributed by atoms with Crippen LogP contribution in [-0.4, -0.2) is 42.9 Å². The molecule has 1 fully saturated rings. The maximum absolute atomic E-state index is 12.9. The first-order valence-electron chi connectivity index (χ1n) is 7.09. The number of alkyl halides is 3. The fourth-order valence-corrected chi connectivity index (χ4v) is 5.59. The van der Waals surface area contributed by atoms with Crippen molar-refractivity contribution in [3.63, 3.8) is 0 Å². The van der Waals surface area contributed by atoms with Crippen molar-refractivity contribution < 1.29 is 21.6 Å². The number of hydrogen-bond donors (Lipinski definition) is 0. The normalized spacial score (nSPS) is 26.3. The lowest BCUT2D eigenvalue weighted by Crippen LogP contribution is -2.39. The number of rotatable bonds is 2. The van der Waals surface area contributed by atoms with Gasteiger partial charge in [-0.2, -0.15) is 13.2 Å². The number of nitrogens with zero attached hydrogens (tertiary/aromatic N) is 2. The summed E-state index contributed by atoms with van der Waals surface area (Å²) in [6, 6.07) is 4.14. The maximum atomic E-state index is 12.9. The van der Waals surface area contributed by atoms with Crippen LogP contribution in [0.5, 0.6) is 0 Å². The highest BCUT2D eigenvalue weighted by atomic mass is 32.2. The van der Waals surface area contributed by atoms with E-state index in [1.54, 1.807) is 11.0 Å². The largest absolute Gasteiger partial charge is 0.416 e. The van der Waals surface area contributed by atoms with Crippen LogP contribution in [0.2, 0.25) is 0 Å². The van der Waals surface area contributed by atoms with E-state index in [4.69, 9.17) is 0 Å². The van der Waals surface area contributed by atoms with Crippen molar-refractivity contribution in [1.29, 1.82) is 0 Å². The molecule has 0 aliphatic carbocycles. The quantitative estimate of drug-likeness (QED) is 0.810. The SMILES string of the molecule is CCSC1=NC2CS(=O)(=O)CC2N1c1cccc(C(F)(F)F)c1. The summed E-state index contributed by atoms with van der Waals surface area (Å²) in [6.45, 7) is 1.92. The minimum atomic E-state index is -4.44. The highest BCUT2D eigenvalue weighted by molar-refractivity contribution is 8.14. The van der Waals surface area contributed by atoms with E-state index in [-0.39, 0.29) is 11.5 Å². The van der Waals surface area contributed by atoms with Crippen LogP contribution in [-0.2, 0) is 16.0 Å². The standard InChI is InChI=1S/C14H15F3N2O2S2/c1-2-22-13-18-11-7-23(20,21)8-12(11)19(13)10-5-3-4-9(6-10)14(15,16)17/h3-6,11-12H,2,7-8H2,1H3. The van der Waals surface area contributed by atoms with E-state index in [0.29, 0.717) is 16.6 Å². The molecule has 0 bridgehead atoms. The second-order valence-electron chi connectivity index (χ2n) is 5.47. The average Bonchev–Trinajstić information content (AvgIpc) is 2.89. The molecule has 2 atom stereocenters. The third-order valence-electron chi connectivity index (χ3n) is 3.83. The Morgan fingerprint density at radius 1 is 1.35 bits per heavy atom. The van der Waals surface area contributed by atoms with Crippen LogP contribution < -0.4 is 4.90 Å². The molecular formula is C14H15F3N2O2S2. The van der Waals surface area contributed by atoms with Crippen LogP contribution in [0, 0.1) is 0 Å². The predicted octanol–water partition coefficient (Wildman–Crippen LogP) is 2.80. The van der Waals surface area contributed by atoms with Crippen molar-refractivity contribution in [3.8, 4) is 0 Å². The van der Waals surface area contributed by atoms with E-state index < -0.39 is 33.7 Å². The van der Waals surface area contributed by atoms with Crippen molar-refractivity contribution in [1.82, 2.24) is 0 Å². The maximum Gasteiger partial charge on any atom is 0.416 e. The van der Waals surface area contributed by atoms with Crippen LogP contribution in [0.4, 0.5) is 18.9 Å². The molecule has 1 aromatic carbocycles. The molecule has 2 unspecified atom stereocenters. The Kier molecular flexibility index (Phi) is 4.12. The molecule has 0 aromatic heterocycles. The molecule has 23 heavy (non-hydrogen) atoms. The Balaban J connectivity index is 2.01. The Bertz CT molecular complexity index is 747. The molecule has 2 heterocycles.